The summed E-state index contributed by atoms with van der Waals surface area (Å²) < 4.78 is 6.52. The predicted octanol–water partition coefficient (Wildman–Crippen LogP) is -0.526. The fraction of sp³-hybridized carbons (Fsp3) is 1.00. The van der Waals surface area contributed by atoms with Crippen molar-refractivity contribution < 1.29 is 40.5 Å². The molecule has 3 saturated heterocycles. The quantitative estimate of drug-likeness (QED) is 0.228. The summed E-state index contributed by atoms with van der Waals surface area (Å²) in [6.45, 7) is 6.70. The summed E-state index contributed by atoms with van der Waals surface area (Å²) in [5.41, 5.74) is -9.07. The lowest BCUT2D eigenvalue weighted by Gasteiger charge is -2.68. The largest absolute Gasteiger partial charge is 0.390 e. The van der Waals surface area contributed by atoms with Gasteiger partial charge < -0.3 is 40.5 Å². The fourth-order valence-electron chi connectivity index (χ4n) is 11.3. The fourth-order valence-corrected chi connectivity index (χ4v) is 11.3. The molecule has 0 amide bonds. The van der Waals surface area contributed by atoms with Gasteiger partial charge in [-0.1, -0.05) is 13.8 Å². The van der Waals surface area contributed by atoms with Gasteiger partial charge in [-0.15, -0.1) is 0 Å². The van der Waals surface area contributed by atoms with Crippen molar-refractivity contribution in [3.8, 4) is 0 Å². The van der Waals surface area contributed by atoms with Gasteiger partial charge in [0.1, 0.15) is 28.5 Å². The second-order valence-electron chi connectivity index (χ2n) is 14.3. The number of piperidine rings is 2. The first-order valence-corrected chi connectivity index (χ1v) is 14.0. The van der Waals surface area contributed by atoms with Crippen molar-refractivity contribution in [2.45, 2.75) is 124 Å². The summed E-state index contributed by atoms with van der Waals surface area (Å²) in [6.07, 6.45) is 0.752. The zero-order valence-electron chi connectivity index (χ0n) is 21.6. The Labute approximate surface area is 212 Å². The summed E-state index contributed by atoms with van der Waals surface area (Å²) in [7, 11) is 0. The van der Waals surface area contributed by atoms with Crippen LogP contribution in [0.5, 0.6) is 0 Å². The van der Waals surface area contributed by atoms with Gasteiger partial charge in [0.15, 0.2) is 5.79 Å². The zero-order chi connectivity index (χ0) is 25.9. The van der Waals surface area contributed by atoms with Gasteiger partial charge in [0, 0.05) is 55.1 Å². The summed E-state index contributed by atoms with van der Waals surface area (Å²) >= 11 is 0. The third-order valence-corrected chi connectivity index (χ3v) is 13.1. The Morgan fingerprint density at radius 1 is 0.778 bits per heavy atom. The number of aliphatic hydroxyl groups excluding tert-OH is 2. The molecule has 7 N–H and O–H groups in total. The van der Waals surface area contributed by atoms with Crippen LogP contribution in [-0.4, -0.2) is 106 Å². The highest BCUT2D eigenvalue weighted by Crippen LogP contribution is 2.78. The summed E-state index contributed by atoms with van der Waals surface area (Å²) in [4.78, 5) is 2.12. The Morgan fingerprint density at radius 2 is 1.47 bits per heavy atom. The standard InChI is InChI=1S/C27H43NO8/c1-14-4-7-18-22(3,31)26(34)17(12-28(18)11-14)24(33)13-25-16(23(24,32)10-20(26)30)6-5-15-21(25,2)9-8-19(29)27(15,35)36-25/h14-20,29-35H,4-13H2,1-3H3/t14-,15-,16-,17-,18-,19+,20-,21+,22-,23-,24-,25-,26+,27-/m0/s1. The molecule has 7 aliphatic rings. The molecule has 7 fully saturated rings. The SMILES string of the molecule is C[C@H]1CC[C@@H]2N(C1)C[C@@H]1[C@@](O)([C@@H](O)C[C@]3(O)[C@@H]4CC[C@@H]5[C@]6(O)O[C@]4(C[C@]13O)[C@]5(C)CC[C@H]6O)[C@@]2(C)O. The molecule has 4 saturated carbocycles. The minimum absolute atomic E-state index is 0.0208. The molecule has 14 atom stereocenters. The smallest absolute Gasteiger partial charge is 0.196 e. The van der Waals surface area contributed by atoms with Crippen LogP contribution in [0.2, 0.25) is 0 Å². The summed E-state index contributed by atoms with van der Waals surface area (Å²) in [5.74, 6) is -3.30. The van der Waals surface area contributed by atoms with Crippen molar-refractivity contribution in [3.05, 3.63) is 0 Å². The van der Waals surface area contributed by atoms with Crippen molar-refractivity contribution in [2.24, 2.45) is 29.1 Å². The van der Waals surface area contributed by atoms with Crippen molar-refractivity contribution in [2.75, 3.05) is 13.1 Å². The molecule has 9 heteroatoms. The number of ether oxygens (including phenoxy) is 1. The number of fused-ring (bicyclic) bond motifs is 5. The molecule has 0 aromatic heterocycles. The first-order chi connectivity index (χ1) is 16.6. The molecule has 0 aromatic carbocycles. The molecule has 9 nitrogen and oxygen atoms in total. The van der Waals surface area contributed by atoms with Crippen LogP contribution < -0.4 is 0 Å². The third-order valence-electron chi connectivity index (χ3n) is 13.1. The van der Waals surface area contributed by atoms with Gasteiger partial charge in [-0.3, -0.25) is 4.90 Å². The van der Waals surface area contributed by atoms with E-state index in [9.17, 15) is 35.7 Å². The van der Waals surface area contributed by atoms with Gasteiger partial charge in [-0.05, 0) is 51.4 Å². The molecule has 4 aliphatic carbocycles. The lowest BCUT2D eigenvalue weighted by atomic mass is 9.49. The molecular weight excluding hydrogens is 466 g/mol. The highest BCUT2D eigenvalue weighted by atomic mass is 16.7. The van der Waals surface area contributed by atoms with Crippen LogP contribution in [0.1, 0.15) is 72.1 Å². The van der Waals surface area contributed by atoms with Gasteiger partial charge in [-0.2, -0.15) is 0 Å². The summed E-state index contributed by atoms with van der Waals surface area (Å²) in [6, 6.07) is -0.360. The highest BCUT2D eigenvalue weighted by molar-refractivity contribution is 5.37. The highest BCUT2D eigenvalue weighted by Gasteiger charge is 2.88. The van der Waals surface area contributed by atoms with Crippen LogP contribution in [0, 0.1) is 29.1 Å². The van der Waals surface area contributed by atoms with E-state index < -0.39 is 63.3 Å². The lowest BCUT2D eigenvalue weighted by Crippen LogP contribution is -2.85. The molecule has 0 aromatic rings. The Hall–Kier alpha value is -0.360. The van der Waals surface area contributed by atoms with Crippen molar-refractivity contribution in [3.63, 3.8) is 0 Å². The van der Waals surface area contributed by atoms with Gasteiger partial charge >= 0.3 is 0 Å². The number of rotatable bonds is 0. The van der Waals surface area contributed by atoms with Crippen molar-refractivity contribution in [1.82, 2.24) is 4.90 Å². The van der Waals surface area contributed by atoms with Gasteiger partial charge in [-0.25, -0.2) is 0 Å². The second kappa shape index (κ2) is 6.67. The Bertz CT molecular complexity index is 995. The first-order valence-electron chi connectivity index (χ1n) is 14.0. The maximum atomic E-state index is 12.7. The molecule has 3 heterocycles. The normalized spacial score (nSPS) is 68.0. The van der Waals surface area contributed by atoms with E-state index in [1.54, 1.807) is 6.92 Å². The van der Waals surface area contributed by atoms with Crippen molar-refractivity contribution >= 4 is 0 Å². The first kappa shape index (κ1) is 24.7. The van der Waals surface area contributed by atoms with Crippen LogP contribution in [0.25, 0.3) is 0 Å². The minimum Gasteiger partial charge on any atom is -0.390 e. The molecular formula is C27H43NO8. The third kappa shape index (κ3) is 2.27. The van der Waals surface area contributed by atoms with Gasteiger partial charge in [0.25, 0.3) is 0 Å². The second-order valence-corrected chi connectivity index (χ2v) is 14.3. The maximum Gasteiger partial charge on any atom is 0.196 e. The maximum absolute atomic E-state index is 12.7. The Morgan fingerprint density at radius 3 is 2.19 bits per heavy atom. The average molecular weight is 510 g/mol. The monoisotopic (exact) mass is 509 g/mol. The number of nitrogens with zero attached hydrogens (tertiary/aromatic N) is 1. The van der Waals surface area contributed by atoms with Crippen LogP contribution in [-0.2, 0) is 4.74 Å². The molecule has 7 rings (SSSR count). The van der Waals surface area contributed by atoms with E-state index in [-0.39, 0.29) is 31.3 Å². The molecule has 4 bridgehead atoms. The number of hydrogen-bond acceptors (Lipinski definition) is 9. The van der Waals surface area contributed by atoms with E-state index in [4.69, 9.17) is 4.74 Å². The van der Waals surface area contributed by atoms with E-state index in [1.165, 1.54) is 0 Å². The van der Waals surface area contributed by atoms with E-state index in [1.807, 2.05) is 6.92 Å². The summed E-state index contributed by atoms with van der Waals surface area (Å²) in [5, 5.41) is 83.2. The van der Waals surface area contributed by atoms with Crippen LogP contribution >= 0.6 is 0 Å². The van der Waals surface area contributed by atoms with Crippen LogP contribution in [0.3, 0.4) is 0 Å². The zero-order valence-corrected chi connectivity index (χ0v) is 21.6. The lowest BCUT2D eigenvalue weighted by molar-refractivity contribution is -0.354. The predicted molar refractivity (Wildman–Crippen MR) is 126 cm³/mol. The van der Waals surface area contributed by atoms with Crippen molar-refractivity contribution in [1.29, 1.82) is 0 Å². The van der Waals surface area contributed by atoms with Gasteiger partial charge in [0.2, 0.25) is 0 Å². The molecule has 204 valence electrons. The van der Waals surface area contributed by atoms with E-state index in [0.717, 1.165) is 6.42 Å². The molecule has 36 heavy (non-hydrogen) atoms. The average Bonchev–Trinajstić information content (AvgIpc) is 2.97. The minimum atomic E-state index is -2.02. The van der Waals surface area contributed by atoms with Crippen LogP contribution in [0.15, 0.2) is 0 Å². The topological polar surface area (TPSA) is 154 Å². The molecule has 3 aliphatic heterocycles. The van der Waals surface area contributed by atoms with E-state index in [2.05, 4.69) is 11.8 Å². The number of hydrogen-bond donors (Lipinski definition) is 7. The molecule has 0 radical (unpaired) electrons. The Kier molecular flexibility index (Phi) is 4.57. The Balaban J connectivity index is 1.39. The number of aliphatic hydroxyl groups is 7. The van der Waals surface area contributed by atoms with E-state index >= 15 is 0 Å². The molecule has 0 unspecified atom stereocenters. The van der Waals surface area contributed by atoms with Crippen LogP contribution in [0.4, 0.5) is 0 Å². The molecule has 1 spiro atoms. The van der Waals surface area contributed by atoms with Gasteiger partial charge in [0.05, 0.1) is 11.7 Å². The van der Waals surface area contributed by atoms with E-state index in [0.29, 0.717) is 44.6 Å².